The van der Waals surface area contributed by atoms with Gasteiger partial charge in [-0.15, -0.1) is 11.3 Å². The van der Waals surface area contributed by atoms with Crippen LogP contribution >= 0.6 is 22.9 Å². The fraction of sp³-hybridized carbons (Fsp3) is 0.400. The molecule has 0 bridgehead atoms. The van der Waals surface area contributed by atoms with Crippen molar-refractivity contribution in [2.24, 2.45) is 16.8 Å². The number of carbonyl (C=O) groups excluding carboxylic acids is 1. The molecule has 1 unspecified atom stereocenters. The third-order valence-electron chi connectivity index (χ3n) is 2.25. The van der Waals surface area contributed by atoms with Gasteiger partial charge in [0.1, 0.15) is 0 Å². The van der Waals surface area contributed by atoms with Gasteiger partial charge < -0.3 is 16.3 Å². The maximum atomic E-state index is 11.5. The molecule has 1 atom stereocenters. The van der Waals surface area contributed by atoms with Gasteiger partial charge in [-0.05, 0) is 25.5 Å². The molecule has 1 aromatic heterocycles. The van der Waals surface area contributed by atoms with Crippen LogP contribution in [0.5, 0.6) is 0 Å². The predicted octanol–water partition coefficient (Wildman–Crippen LogP) is 1.44. The standard InChI is InChI=1S/C10H14ClN3O2S/c1-6(9(12)14-16)10(15)13-5-4-7-2-3-8(11)17-7/h2-3,6,16H,4-5H2,1H3,(H2,12,14)(H,13,15). The Hall–Kier alpha value is -1.27. The SMILES string of the molecule is CC(C(=O)NCCc1ccc(Cl)s1)/C(N)=N/O. The minimum Gasteiger partial charge on any atom is -0.409 e. The molecular weight excluding hydrogens is 262 g/mol. The van der Waals surface area contributed by atoms with E-state index in [1.54, 1.807) is 6.92 Å². The number of nitrogens with two attached hydrogens (primary N) is 1. The van der Waals surface area contributed by atoms with E-state index in [9.17, 15) is 4.79 Å². The minimum absolute atomic E-state index is 0.0957. The highest BCUT2D eigenvalue weighted by Gasteiger charge is 2.16. The maximum absolute atomic E-state index is 11.5. The normalized spacial score (nSPS) is 13.4. The van der Waals surface area contributed by atoms with Crippen LogP contribution in [-0.2, 0) is 11.2 Å². The van der Waals surface area contributed by atoms with Gasteiger partial charge >= 0.3 is 0 Å². The number of hydrogen-bond donors (Lipinski definition) is 3. The third-order valence-corrected chi connectivity index (χ3v) is 3.54. The first kappa shape index (κ1) is 13.8. The summed E-state index contributed by atoms with van der Waals surface area (Å²) >= 11 is 7.27. The van der Waals surface area contributed by atoms with E-state index in [2.05, 4.69) is 10.5 Å². The van der Waals surface area contributed by atoms with Gasteiger partial charge in [0.2, 0.25) is 5.91 Å². The first-order valence-corrected chi connectivity index (χ1v) is 6.23. The lowest BCUT2D eigenvalue weighted by Crippen LogP contribution is -2.37. The number of hydrogen-bond acceptors (Lipinski definition) is 4. The van der Waals surface area contributed by atoms with E-state index in [1.807, 2.05) is 12.1 Å². The van der Waals surface area contributed by atoms with Crippen LogP contribution < -0.4 is 11.1 Å². The van der Waals surface area contributed by atoms with Crippen LogP contribution in [0.4, 0.5) is 0 Å². The Morgan fingerprint density at radius 1 is 1.71 bits per heavy atom. The van der Waals surface area contributed by atoms with Crippen molar-refractivity contribution in [1.82, 2.24) is 5.32 Å². The molecular formula is C10H14ClN3O2S. The van der Waals surface area contributed by atoms with E-state index in [-0.39, 0.29) is 11.7 Å². The van der Waals surface area contributed by atoms with Crippen molar-refractivity contribution in [2.45, 2.75) is 13.3 Å². The van der Waals surface area contributed by atoms with Crippen LogP contribution in [0, 0.1) is 5.92 Å². The highest BCUT2D eigenvalue weighted by Crippen LogP contribution is 2.21. The Labute approximate surface area is 108 Å². The average Bonchev–Trinajstić information content (AvgIpc) is 2.72. The summed E-state index contributed by atoms with van der Waals surface area (Å²) in [4.78, 5) is 12.6. The number of oxime groups is 1. The van der Waals surface area contributed by atoms with Gasteiger partial charge in [0, 0.05) is 11.4 Å². The van der Waals surface area contributed by atoms with E-state index in [1.165, 1.54) is 11.3 Å². The summed E-state index contributed by atoms with van der Waals surface area (Å²) < 4.78 is 0.733. The largest absolute Gasteiger partial charge is 0.409 e. The summed E-state index contributed by atoms with van der Waals surface area (Å²) in [7, 11) is 0. The highest BCUT2D eigenvalue weighted by molar-refractivity contribution is 7.16. The first-order valence-electron chi connectivity index (χ1n) is 5.04. The van der Waals surface area contributed by atoms with E-state index in [4.69, 9.17) is 22.5 Å². The summed E-state index contributed by atoms with van der Waals surface area (Å²) in [5, 5.41) is 13.9. The second-order valence-electron chi connectivity index (χ2n) is 3.49. The lowest BCUT2D eigenvalue weighted by molar-refractivity contribution is -0.122. The quantitative estimate of drug-likeness (QED) is 0.329. The zero-order valence-corrected chi connectivity index (χ0v) is 10.9. The molecule has 0 radical (unpaired) electrons. The van der Waals surface area contributed by atoms with E-state index >= 15 is 0 Å². The lowest BCUT2D eigenvalue weighted by Gasteiger charge is -2.09. The summed E-state index contributed by atoms with van der Waals surface area (Å²) in [6, 6.07) is 3.74. The summed E-state index contributed by atoms with van der Waals surface area (Å²) in [5.74, 6) is -0.989. The van der Waals surface area contributed by atoms with Crippen LogP contribution in [-0.4, -0.2) is 23.5 Å². The fourth-order valence-electron chi connectivity index (χ4n) is 1.17. The molecule has 0 saturated carbocycles. The molecule has 4 N–H and O–H groups in total. The maximum Gasteiger partial charge on any atom is 0.230 e. The Kier molecular flexibility index (Phi) is 5.24. The van der Waals surface area contributed by atoms with Crippen LogP contribution in [0.25, 0.3) is 0 Å². The average molecular weight is 276 g/mol. The van der Waals surface area contributed by atoms with Crippen molar-refractivity contribution in [3.05, 3.63) is 21.3 Å². The first-order chi connectivity index (χ1) is 8.04. The number of rotatable bonds is 5. The molecule has 94 valence electrons. The van der Waals surface area contributed by atoms with Gasteiger partial charge in [0.05, 0.1) is 10.3 Å². The van der Waals surface area contributed by atoms with E-state index in [0.29, 0.717) is 13.0 Å². The number of halogens is 1. The van der Waals surface area contributed by atoms with Gasteiger partial charge in [0.25, 0.3) is 0 Å². The molecule has 0 aliphatic heterocycles. The Bertz CT molecular complexity index is 419. The number of amidine groups is 1. The van der Waals surface area contributed by atoms with Crippen LogP contribution in [0.2, 0.25) is 4.34 Å². The number of nitrogens with one attached hydrogen (secondary N) is 1. The second-order valence-corrected chi connectivity index (χ2v) is 5.29. The molecule has 17 heavy (non-hydrogen) atoms. The minimum atomic E-state index is -0.632. The fourth-order valence-corrected chi connectivity index (χ4v) is 2.26. The van der Waals surface area contributed by atoms with Crippen molar-refractivity contribution in [2.75, 3.05) is 6.54 Å². The number of thiophene rings is 1. The lowest BCUT2D eigenvalue weighted by atomic mass is 10.1. The van der Waals surface area contributed by atoms with Crippen LogP contribution in [0.1, 0.15) is 11.8 Å². The van der Waals surface area contributed by atoms with Gasteiger partial charge in [-0.2, -0.15) is 0 Å². The summed E-state index contributed by atoms with van der Waals surface area (Å²) in [6.07, 6.45) is 0.714. The van der Waals surface area contributed by atoms with Crippen molar-refractivity contribution < 1.29 is 10.0 Å². The highest BCUT2D eigenvalue weighted by atomic mass is 35.5. The van der Waals surface area contributed by atoms with Gasteiger partial charge in [-0.3, -0.25) is 4.79 Å². The van der Waals surface area contributed by atoms with Crippen molar-refractivity contribution in [1.29, 1.82) is 0 Å². The monoisotopic (exact) mass is 275 g/mol. The Balaban J connectivity index is 2.34. The Morgan fingerprint density at radius 2 is 2.41 bits per heavy atom. The third kappa shape index (κ3) is 4.24. The van der Waals surface area contributed by atoms with Crippen molar-refractivity contribution >= 4 is 34.7 Å². The molecule has 1 amide bonds. The van der Waals surface area contributed by atoms with Gasteiger partial charge in [-0.1, -0.05) is 16.8 Å². The zero-order valence-electron chi connectivity index (χ0n) is 9.31. The van der Waals surface area contributed by atoms with Crippen molar-refractivity contribution in [3.8, 4) is 0 Å². The molecule has 1 heterocycles. The van der Waals surface area contributed by atoms with E-state index in [0.717, 1.165) is 9.21 Å². The molecule has 0 saturated heterocycles. The molecule has 1 rings (SSSR count). The molecule has 0 aromatic carbocycles. The molecule has 7 heteroatoms. The second kappa shape index (κ2) is 6.46. The van der Waals surface area contributed by atoms with Crippen molar-refractivity contribution in [3.63, 3.8) is 0 Å². The summed E-state index contributed by atoms with van der Waals surface area (Å²) in [5.41, 5.74) is 5.33. The molecule has 5 nitrogen and oxygen atoms in total. The Morgan fingerprint density at radius 3 is 2.94 bits per heavy atom. The zero-order chi connectivity index (χ0) is 12.8. The van der Waals surface area contributed by atoms with E-state index < -0.39 is 5.92 Å². The molecule has 0 spiro atoms. The molecule has 0 aliphatic rings. The topological polar surface area (TPSA) is 87.7 Å². The molecule has 1 aromatic rings. The summed E-state index contributed by atoms with van der Waals surface area (Å²) in [6.45, 7) is 2.07. The van der Waals surface area contributed by atoms with Gasteiger partial charge in [-0.25, -0.2) is 0 Å². The smallest absolute Gasteiger partial charge is 0.230 e. The number of nitrogens with zero attached hydrogens (tertiary/aromatic N) is 1. The molecule has 0 fully saturated rings. The molecule has 0 aliphatic carbocycles. The van der Waals surface area contributed by atoms with Gasteiger partial charge in [0.15, 0.2) is 5.84 Å². The van der Waals surface area contributed by atoms with Crippen LogP contribution in [0.15, 0.2) is 17.3 Å². The van der Waals surface area contributed by atoms with Crippen LogP contribution in [0.3, 0.4) is 0 Å². The number of carbonyl (C=O) groups is 1. The number of amides is 1. The predicted molar refractivity (Wildman–Crippen MR) is 68.6 cm³/mol.